The number of ether oxygens (including phenoxy) is 2. The van der Waals surface area contributed by atoms with Crippen molar-refractivity contribution in [1.29, 1.82) is 0 Å². The Morgan fingerprint density at radius 1 is 1.29 bits per heavy atom. The molecule has 1 unspecified atom stereocenters. The molecule has 1 saturated heterocycles. The third-order valence-electron chi connectivity index (χ3n) is 3.90. The highest BCUT2D eigenvalue weighted by atomic mass is 35.5. The van der Waals surface area contributed by atoms with Gasteiger partial charge in [0.15, 0.2) is 11.0 Å². The van der Waals surface area contributed by atoms with Crippen molar-refractivity contribution in [3.63, 3.8) is 0 Å². The van der Waals surface area contributed by atoms with Crippen LogP contribution < -0.4 is 15.4 Å². The van der Waals surface area contributed by atoms with E-state index in [4.69, 9.17) is 32.7 Å². The lowest BCUT2D eigenvalue weighted by Gasteiger charge is -2.10. The van der Waals surface area contributed by atoms with E-state index in [9.17, 15) is 0 Å². The van der Waals surface area contributed by atoms with Crippen LogP contribution in [0.5, 0.6) is 5.88 Å². The topological polar surface area (TPSA) is 86.1 Å². The molecule has 4 heterocycles. The van der Waals surface area contributed by atoms with Gasteiger partial charge in [-0.3, -0.25) is 0 Å². The van der Waals surface area contributed by atoms with Crippen LogP contribution >= 0.6 is 23.2 Å². The van der Waals surface area contributed by atoms with Crippen LogP contribution in [0, 0.1) is 0 Å². The lowest BCUT2D eigenvalue weighted by Crippen LogP contribution is -2.12. The molecule has 4 rings (SSSR count). The van der Waals surface area contributed by atoms with E-state index in [1.807, 2.05) is 0 Å². The second-order valence-corrected chi connectivity index (χ2v) is 6.34. The highest BCUT2D eigenvalue weighted by molar-refractivity contribution is 6.33. The molecule has 10 heteroatoms. The smallest absolute Gasteiger partial charge is 0.258 e. The summed E-state index contributed by atoms with van der Waals surface area (Å²) >= 11 is 12.6. The molecule has 2 aliphatic heterocycles. The van der Waals surface area contributed by atoms with Crippen molar-refractivity contribution >= 4 is 40.7 Å². The normalized spacial score (nSPS) is 20.3. The van der Waals surface area contributed by atoms with E-state index in [0.717, 1.165) is 12.8 Å². The highest BCUT2D eigenvalue weighted by Gasteiger charge is 2.27. The molecule has 2 N–H and O–H groups in total. The molecule has 2 aromatic heterocycles. The van der Waals surface area contributed by atoms with Gasteiger partial charge in [-0.2, -0.15) is 4.98 Å². The summed E-state index contributed by atoms with van der Waals surface area (Å²) in [5.41, 5.74) is 0.554. The summed E-state index contributed by atoms with van der Waals surface area (Å²) in [6.07, 6.45) is 3.18. The molecule has 1 fully saturated rings. The monoisotopic (exact) mass is 370 g/mol. The number of anilines is 3. The molecule has 2 bridgehead atoms. The zero-order chi connectivity index (χ0) is 16.5. The summed E-state index contributed by atoms with van der Waals surface area (Å²) in [5, 5.41) is 11.7. The molecule has 2 aliphatic rings. The summed E-state index contributed by atoms with van der Waals surface area (Å²) < 4.78 is 13.0. The Balaban J connectivity index is 1.73. The van der Waals surface area contributed by atoms with Crippen molar-refractivity contribution in [3.8, 4) is 5.88 Å². The molecule has 0 aliphatic carbocycles. The SMILES string of the molecule is Clc1cnc2nc1NCCCOc1nn(C3CCOC3)c(Cl)c1N2. The third kappa shape index (κ3) is 2.97. The van der Waals surface area contributed by atoms with Gasteiger partial charge in [0.05, 0.1) is 25.5 Å². The Kier molecular flexibility index (Phi) is 4.34. The van der Waals surface area contributed by atoms with Gasteiger partial charge >= 0.3 is 0 Å². The van der Waals surface area contributed by atoms with Crippen LogP contribution in [-0.2, 0) is 4.74 Å². The average molecular weight is 371 g/mol. The summed E-state index contributed by atoms with van der Waals surface area (Å²) in [5.74, 6) is 1.39. The number of fused-ring (bicyclic) bond motifs is 3. The van der Waals surface area contributed by atoms with Crippen LogP contribution in [0.4, 0.5) is 17.5 Å². The Morgan fingerprint density at radius 2 is 2.21 bits per heavy atom. The Labute approximate surface area is 148 Å². The summed E-state index contributed by atoms with van der Waals surface area (Å²) in [7, 11) is 0. The third-order valence-corrected chi connectivity index (χ3v) is 4.54. The van der Waals surface area contributed by atoms with Crippen molar-refractivity contribution < 1.29 is 9.47 Å². The number of hydrogen-bond donors (Lipinski definition) is 2. The van der Waals surface area contributed by atoms with E-state index < -0.39 is 0 Å². The van der Waals surface area contributed by atoms with Crippen molar-refractivity contribution in [2.24, 2.45) is 0 Å². The fraction of sp³-hybridized carbons (Fsp3) is 0.500. The summed E-state index contributed by atoms with van der Waals surface area (Å²) in [4.78, 5) is 8.57. The molecule has 0 spiro atoms. The van der Waals surface area contributed by atoms with Crippen molar-refractivity contribution in [2.75, 3.05) is 37.0 Å². The quantitative estimate of drug-likeness (QED) is 0.797. The van der Waals surface area contributed by atoms with Gasteiger partial charge in [-0.25, -0.2) is 9.67 Å². The van der Waals surface area contributed by atoms with E-state index in [-0.39, 0.29) is 6.04 Å². The number of nitrogens with one attached hydrogen (secondary N) is 2. The first kappa shape index (κ1) is 15.7. The zero-order valence-corrected chi connectivity index (χ0v) is 14.3. The van der Waals surface area contributed by atoms with Gasteiger partial charge in [-0.15, -0.1) is 5.10 Å². The van der Waals surface area contributed by atoms with Crippen LogP contribution in [0.1, 0.15) is 18.9 Å². The average Bonchev–Trinajstić information content (AvgIpc) is 3.19. The fourth-order valence-electron chi connectivity index (χ4n) is 2.67. The number of nitrogens with zero attached hydrogens (tertiary/aromatic N) is 4. The number of aromatic nitrogens is 4. The largest absolute Gasteiger partial charge is 0.475 e. The van der Waals surface area contributed by atoms with Gasteiger partial charge in [-0.1, -0.05) is 23.2 Å². The minimum Gasteiger partial charge on any atom is -0.475 e. The molecule has 24 heavy (non-hydrogen) atoms. The first-order valence-corrected chi connectivity index (χ1v) is 8.50. The second-order valence-electron chi connectivity index (χ2n) is 5.58. The minimum absolute atomic E-state index is 0.103. The van der Waals surface area contributed by atoms with E-state index in [1.54, 1.807) is 10.9 Å². The maximum absolute atomic E-state index is 6.53. The molecular formula is C14H16Cl2N6O2. The molecule has 0 amide bonds. The molecule has 0 saturated carbocycles. The molecule has 128 valence electrons. The van der Waals surface area contributed by atoms with Gasteiger partial charge in [0.2, 0.25) is 5.95 Å². The molecule has 8 nitrogen and oxygen atoms in total. The lowest BCUT2D eigenvalue weighted by molar-refractivity contribution is 0.184. The van der Waals surface area contributed by atoms with Crippen LogP contribution in [-0.4, -0.2) is 46.1 Å². The standard InChI is InChI=1S/C14H16Cl2N6O2/c15-9-6-18-14-19-10-11(16)22(8-2-5-23-7-8)21-13(10)24-4-1-3-17-12(9)20-14/h6,8H,1-5,7H2,(H2,17,18,19,20). The highest BCUT2D eigenvalue weighted by Crippen LogP contribution is 2.37. The van der Waals surface area contributed by atoms with Crippen LogP contribution in [0.15, 0.2) is 6.20 Å². The first-order valence-electron chi connectivity index (χ1n) is 7.74. The van der Waals surface area contributed by atoms with E-state index in [2.05, 4.69) is 25.7 Å². The predicted molar refractivity (Wildman–Crippen MR) is 90.6 cm³/mol. The van der Waals surface area contributed by atoms with Gasteiger partial charge < -0.3 is 20.1 Å². The van der Waals surface area contributed by atoms with Crippen LogP contribution in [0.2, 0.25) is 10.2 Å². The fourth-order valence-corrected chi connectivity index (χ4v) is 3.13. The molecule has 0 aromatic carbocycles. The van der Waals surface area contributed by atoms with Gasteiger partial charge in [0.1, 0.15) is 10.7 Å². The summed E-state index contributed by atoms with van der Waals surface area (Å²) in [6, 6.07) is 0.103. The Bertz CT molecular complexity index is 747. The van der Waals surface area contributed by atoms with E-state index >= 15 is 0 Å². The second kappa shape index (κ2) is 6.62. The van der Waals surface area contributed by atoms with Crippen molar-refractivity contribution in [3.05, 3.63) is 16.4 Å². The van der Waals surface area contributed by atoms with Crippen molar-refractivity contribution in [1.82, 2.24) is 19.7 Å². The number of halogens is 2. The zero-order valence-electron chi connectivity index (χ0n) is 12.8. The van der Waals surface area contributed by atoms with E-state index in [1.165, 1.54) is 0 Å². The molecule has 1 atom stereocenters. The molecular weight excluding hydrogens is 355 g/mol. The first-order chi connectivity index (χ1) is 11.7. The lowest BCUT2D eigenvalue weighted by atomic mass is 10.3. The van der Waals surface area contributed by atoms with Gasteiger partial charge in [-0.05, 0) is 12.8 Å². The number of rotatable bonds is 1. The predicted octanol–water partition coefficient (Wildman–Crippen LogP) is 2.88. The maximum atomic E-state index is 6.53. The molecule has 0 radical (unpaired) electrons. The van der Waals surface area contributed by atoms with Crippen molar-refractivity contribution in [2.45, 2.75) is 18.9 Å². The van der Waals surface area contributed by atoms with E-state index in [0.29, 0.717) is 59.9 Å². The summed E-state index contributed by atoms with van der Waals surface area (Å²) in [6.45, 7) is 2.47. The molecule has 2 aromatic rings. The van der Waals surface area contributed by atoms with Gasteiger partial charge in [0, 0.05) is 13.2 Å². The van der Waals surface area contributed by atoms with Gasteiger partial charge in [0.25, 0.3) is 5.88 Å². The van der Waals surface area contributed by atoms with Crippen LogP contribution in [0.25, 0.3) is 0 Å². The maximum Gasteiger partial charge on any atom is 0.258 e. The van der Waals surface area contributed by atoms with Crippen LogP contribution in [0.3, 0.4) is 0 Å². The Morgan fingerprint density at radius 3 is 3.04 bits per heavy atom. The minimum atomic E-state index is 0.103. The Hall–Kier alpha value is -1.77. The number of hydrogen-bond acceptors (Lipinski definition) is 7.